The highest BCUT2D eigenvalue weighted by Crippen LogP contribution is 2.45. The summed E-state index contributed by atoms with van der Waals surface area (Å²) in [6.45, 7) is 0. The first kappa shape index (κ1) is 12.1. The first-order chi connectivity index (χ1) is 6.94. The third kappa shape index (κ3) is 3.60. The Balaban J connectivity index is 2.82. The van der Waals surface area contributed by atoms with Gasteiger partial charge in [-0.05, 0) is 12.1 Å². The summed E-state index contributed by atoms with van der Waals surface area (Å²) >= 11 is 2.32. The van der Waals surface area contributed by atoms with Crippen LogP contribution in [0, 0.1) is 10.1 Å². The number of phosphoric acid groups is 1. The topological polar surface area (TPSA) is 98.9 Å². The maximum atomic E-state index is 10.9. The minimum atomic E-state index is -4.19. The summed E-state index contributed by atoms with van der Waals surface area (Å²) in [7, 11) is -4.19. The Bertz CT molecular complexity index is 407. The van der Waals surface area contributed by atoms with Crippen molar-refractivity contribution in [2.45, 2.75) is 0 Å². The lowest BCUT2D eigenvalue weighted by molar-refractivity contribution is -0.384. The van der Waals surface area contributed by atoms with Crippen LogP contribution < -0.4 is 4.52 Å². The van der Waals surface area contributed by atoms with Gasteiger partial charge in [0.15, 0.2) is 0 Å². The maximum absolute atomic E-state index is 10.9. The van der Waals surface area contributed by atoms with Crippen LogP contribution >= 0.6 is 24.1 Å². The molecule has 0 bridgehead atoms. The molecule has 0 aliphatic carbocycles. The zero-order chi connectivity index (χ0) is 11.5. The molecular formula is C6H5BrNO6P. The number of non-ortho nitro benzene ring substituents is 1. The largest absolute Gasteiger partial charge is 0.538 e. The van der Waals surface area contributed by atoms with Crippen LogP contribution in [0.3, 0.4) is 0 Å². The van der Waals surface area contributed by atoms with Crippen molar-refractivity contribution in [2.75, 3.05) is 0 Å². The van der Waals surface area contributed by atoms with E-state index in [-0.39, 0.29) is 11.4 Å². The molecule has 0 fully saturated rings. The highest BCUT2D eigenvalue weighted by Gasteiger charge is 2.22. The molecule has 0 amide bonds. The van der Waals surface area contributed by atoms with Gasteiger partial charge < -0.3 is 4.52 Å². The van der Waals surface area contributed by atoms with Gasteiger partial charge >= 0.3 is 7.82 Å². The van der Waals surface area contributed by atoms with Crippen LogP contribution in [0.25, 0.3) is 0 Å². The smallest absolute Gasteiger partial charge is 0.404 e. The highest BCUT2D eigenvalue weighted by atomic mass is 79.9. The van der Waals surface area contributed by atoms with Crippen LogP contribution in [-0.4, -0.2) is 9.82 Å². The van der Waals surface area contributed by atoms with Crippen LogP contribution in [0.1, 0.15) is 0 Å². The normalized spacial score (nSPS) is 14.3. The summed E-state index contributed by atoms with van der Waals surface area (Å²) < 4.78 is 19.4. The molecule has 7 nitrogen and oxygen atoms in total. The van der Waals surface area contributed by atoms with Gasteiger partial charge in [-0.25, -0.2) is 4.57 Å². The summed E-state index contributed by atoms with van der Waals surface area (Å²) in [6.07, 6.45) is 0. The Hall–Kier alpha value is -0.950. The van der Waals surface area contributed by atoms with Crippen LogP contribution in [-0.2, 0) is 8.18 Å². The number of benzene rings is 1. The van der Waals surface area contributed by atoms with Gasteiger partial charge in [0, 0.05) is 12.1 Å². The van der Waals surface area contributed by atoms with Crippen LogP contribution in [0.4, 0.5) is 5.69 Å². The van der Waals surface area contributed by atoms with E-state index in [4.69, 9.17) is 4.89 Å². The molecule has 0 aromatic heterocycles. The lowest BCUT2D eigenvalue weighted by Gasteiger charge is -2.07. The summed E-state index contributed by atoms with van der Waals surface area (Å²) in [5.74, 6) is -0.00844. The van der Waals surface area contributed by atoms with Crippen LogP contribution in [0.15, 0.2) is 24.3 Å². The van der Waals surface area contributed by atoms with Crippen molar-refractivity contribution in [2.24, 2.45) is 0 Å². The predicted octanol–water partition coefficient (Wildman–Crippen LogP) is 2.40. The van der Waals surface area contributed by atoms with E-state index in [1.54, 1.807) is 0 Å². The van der Waals surface area contributed by atoms with E-state index in [1.165, 1.54) is 12.1 Å². The lowest BCUT2D eigenvalue weighted by atomic mass is 10.3. The van der Waals surface area contributed by atoms with Crippen molar-refractivity contribution < 1.29 is 22.5 Å². The van der Waals surface area contributed by atoms with Crippen molar-refractivity contribution in [3.63, 3.8) is 0 Å². The monoisotopic (exact) mass is 297 g/mol. The molecule has 1 rings (SSSR count). The van der Waals surface area contributed by atoms with E-state index in [0.29, 0.717) is 0 Å². The fraction of sp³-hybridized carbons (Fsp3) is 0. The summed E-state index contributed by atoms with van der Waals surface area (Å²) in [6, 6.07) is 4.66. The average molecular weight is 298 g/mol. The Labute approximate surface area is 92.8 Å². The Morgan fingerprint density at radius 1 is 1.40 bits per heavy atom. The maximum Gasteiger partial charge on any atom is 0.538 e. The molecular weight excluding hydrogens is 293 g/mol. The molecule has 82 valence electrons. The first-order valence-corrected chi connectivity index (χ1v) is 5.66. The van der Waals surface area contributed by atoms with E-state index in [9.17, 15) is 14.7 Å². The Morgan fingerprint density at radius 3 is 2.33 bits per heavy atom. The van der Waals surface area contributed by atoms with Gasteiger partial charge in [0.1, 0.15) is 22.0 Å². The molecule has 1 N–H and O–H groups in total. The first-order valence-electron chi connectivity index (χ1n) is 3.52. The third-order valence-corrected chi connectivity index (χ3v) is 3.07. The van der Waals surface area contributed by atoms with Crippen molar-refractivity contribution in [1.82, 2.24) is 0 Å². The number of phosphoric ester groups is 1. The molecule has 0 radical (unpaired) electrons. The van der Waals surface area contributed by atoms with Crippen molar-refractivity contribution in [3.8, 4) is 5.75 Å². The van der Waals surface area contributed by atoms with E-state index < -0.39 is 12.7 Å². The van der Waals surface area contributed by atoms with E-state index in [0.717, 1.165) is 12.1 Å². The van der Waals surface area contributed by atoms with Crippen molar-refractivity contribution in [1.29, 1.82) is 0 Å². The zero-order valence-electron chi connectivity index (χ0n) is 7.07. The second-order valence-corrected chi connectivity index (χ2v) is 4.51. The predicted molar refractivity (Wildman–Crippen MR) is 53.6 cm³/mol. The van der Waals surface area contributed by atoms with Gasteiger partial charge in [-0.1, -0.05) is 0 Å². The molecule has 1 atom stereocenters. The SMILES string of the molecule is O=[N+]([O-])c1ccc(OP(=O)(O)OBr)cc1. The van der Waals surface area contributed by atoms with Gasteiger partial charge in [-0.3, -0.25) is 15.0 Å². The summed E-state index contributed by atoms with van der Waals surface area (Å²) in [4.78, 5) is 18.6. The molecule has 0 heterocycles. The highest BCUT2D eigenvalue weighted by molar-refractivity contribution is 9.06. The molecule has 0 spiro atoms. The zero-order valence-corrected chi connectivity index (χ0v) is 9.55. The fourth-order valence-corrected chi connectivity index (χ4v) is 1.37. The van der Waals surface area contributed by atoms with Gasteiger partial charge in [-0.15, -0.1) is 0 Å². The molecule has 0 saturated carbocycles. The molecule has 9 heteroatoms. The number of rotatable bonds is 4. The van der Waals surface area contributed by atoms with Crippen molar-refractivity contribution >= 4 is 29.8 Å². The quantitative estimate of drug-likeness (QED) is 0.520. The van der Waals surface area contributed by atoms with Gasteiger partial charge in [0.05, 0.1) is 4.92 Å². The number of nitrogens with zero attached hydrogens (tertiary/aromatic N) is 1. The van der Waals surface area contributed by atoms with E-state index in [1.807, 2.05) is 0 Å². The van der Waals surface area contributed by atoms with Gasteiger partial charge in [0.25, 0.3) is 5.69 Å². The van der Waals surface area contributed by atoms with Gasteiger partial charge in [0.2, 0.25) is 0 Å². The minimum Gasteiger partial charge on any atom is -0.404 e. The number of hydrogen-bond donors (Lipinski definition) is 1. The van der Waals surface area contributed by atoms with E-state index in [2.05, 4.69) is 24.4 Å². The summed E-state index contributed by atoms with van der Waals surface area (Å²) in [5, 5.41) is 10.3. The molecule has 0 aliphatic rings. The second-order valence-electron chi connectivity index (χ2n) is 2.38. The molecule has 1 unspecified atom stereocenters. The van der Waals surface area contributed by atoms with Crippen molar-refractivity contribution in [3.05, 3.63) is 34.4 Å². The fourth-order valence-electron chi connectivity index (χ4n) is 0.776. The summed E-state index contributed by atoms with van der Waals surface area (Å²) in [5.41, 5.74) is -0.144. The Kier molecular flexibility index (Phi) is 3.81. The number of hydrogen-bond acceptors (Lipinski definition) is 5. The molecule has 1 aromatic rings. The van der Waals surface area contributed by atoms with Gasteiger partial charge in [-0.2, -0.15) is 3.62 Å². The molecule has 0 aliphatic heterocycles. The van der Waals surface area contributed by atoms with Crippen LogP contribution in [0.2, 0.25) is 0 Å². The number of nitro groups is 1. The third-order valence-electron chi connectivity index (χ3n) is 1.36. The molecule has 15 heavy (non-hydrogen) atoms. The average Bonchev–Trinajstić information content (AvgIpc) is 2.18. The Morgan fingerprint density at radius 2 is 1.93 bits per heavy atom. The minimum absolute atomic E-state index is 0.00844. The van der Waals surface area contributed by atoms with E-state index >= 15 is 0 Å². The standard InChI is InChI=1S/C6H5BrNO6P/c7-14-15(11,12)13-6-3-1-5(2-4-6)8(9)10/h1-4H,(H,11,12). The number of nitro benzene ring substituents is 1. The number of halogens is 1. The van der Waals surface area contributed by atoms with Crippen LogP contribution in [0.5, 0.6) is 5.75 Å². The molecule has 1 aromatic carbocycles. The second kappa shape index (κ2) is 4.71. The molecule has 0 saturated heterocycles. The lowest BCUT2D eigenvalue weighted by Crippen LogP contribution is -1.92.